The number of hydrogen-bond donors (Lipinski definition) is 3. The van der Waals surface area contributed by atoms with Crippen LogP contribution in [0.25, 0.3) is 0 Å². The summed E-state index contributed by atoms with van der Waals surface area (Å²) < 4.78 is 0. The zero-order chi connectivity index (χ0) is 12.1. The number of nitrogens with one attached hydrogen (secondary N) is 2. The van der Waals surface area contributed by atoms with Gasteiger partial charge in [-0.25, -0.2) is 9.79 Å². The van der Waals surface area contributed by atoms with Crippen LogP contribution in [0.5, 0.6) is 0 Å². The zero-order valence-corrected chi connectivity index (χ0v) is 9.66. The van der Waals surface area contributed by atoms with Gasteiger partial charge >= 0.3 is 6.03 Å². The van der Waals surface area contributed by atoms with E-state index in [-0.39, 0.29) is 12.0 Å². The Morgan fingerprint density at radius 3 is 2.38 bits per heavy atom. The van der Waals surface area contributed by atoms with E-state index in [1.807, 2.05) is 32.0 Å². The highest BCUT2D eigenvalue weighted by atomic mass is 16.2. The number of carbonyl (C=O) groups is 1. The highest BCUT2D eigenvalue weighted by Crippen LogP contribution is 2.22. The molecule has 1 aromatic rings. The zero-order valence-electron chi connectivity index (χ0n) is 9.66. The van der Waals surface area contributed by atoms with Gasteiger partial charge in [-0.15, -0.1) is 0 Å². The summed E-state index contributed by atoms with van der Waals surface area (Å²) in [5.74, 6) is 0.0803. The predicted octanol–water partition coefficient (Wildman–Crippen LogP) is 1.18. The Bertz CT molecular complexity index is 406. The number of amides is 2. The minimum absolute atomic E-state index is 0.0803. The Morgan fingerprint density at radius 1 is 1.31 bits per heavy atom. The number of urea groups is 1. The third-order valence-corrected chi connectivity index (χ3v) is 2.14. The molecule has 5 heteroatoms. The largest absolute Gasteiger partial charge is 0.369 e. The maximum atomic E-state index is 11.0. The van der Waals surface area contributed by atoms with Gasteiger partial charge in [0.2, 0.25) is 5.96 Å². The van der Waals surface area contributed by atoms with Crippen molar-refractivity contribution in [3.63, 3.8) is 0 Å². The molecule has 0 aromatic heterocycles. The van der Waals surface area contributed by atoms with Crippen LogP contribution in [0.15, 0.2) is 23.2 Å². The van der Waals surface area contributed by atoms with Gasteiger partial charge in [-0.05, 0) is 25.0 Å². The molecule has 0 aliphatic carbocycles. The molecule has 0 radical (unpaired) electrons. The second kappa shape index (κ2) is 5.16. The summed E-state index contributed by atoms with van der Waals surface area (Å²) in [5, 5.41) is 4.81. The van der Waals surface area contributed by atoms with Crippen LogP contribution in [-0.2, 0) is 0 Å². The number of nitrogens with two attached hydrogens (primary N) is 1. The van der Waals surface area contributed by atoms with Crippen LogP contribution >= 0.6 is 0 Å². The first-order chi connectivity index (χ1) is 7.54. The summed E-state index contributed by atoms with van der Waals surface area (Å²) in [6.45, 7) is 3.89. The van der Waals surface area contributed by atoms with Crippen LogP contribution in [0.1, 0.15) is 11.1 Å². The lowest BCUT2D eigenvalue weighted by molar-refractivity contribution is 0.247. The molecule has 0 spiro atoms. The number of rotatable bonds is 1. The molecule has 5 nitrogen and oxygen atoms in total. The molecule has 4 N–H and O–H groups in total. The molecule has 0 saturated carbocycles. The molecular formula is C11H16N4O. The molecule has 0 atom stereocenters. The number of benzene rings is 1. The molecule has 0 aliphatic rings. The smallest absolute Gasteiger partial charge is 0.321 e. The van der Waals surface area contributed by atoms with E-state index in [0.717, 1.165) is 16.8 Å². The van der Waals surface area contributed by atoms with Crippen LogP contribution in [0.2, 0.25) is 0 Å². The quantitative estimate of drug-likeness (QED) is 0.490. The first-order valence-electron chi connectivity index (χ1n) is 4.93. The maximum absolute atomic E-state index is 11.0. The number of aliphatic imine (C=N–C) groups is 1. The number of carbonyl (C=O) groups excluding carboxylic acids is 1. The fourth-order valence-electron chi connectivity index (χ4n) is 1.31. The number of guanidine groups is 1. The fourth-order valence-corrected chi connectivity index (χ4v) is 1.31. The van der Waals surface area contributed by atoms with E-state index in [4.69, 9.17) is 5.73 Å². The first-order valence-corrected chi connectivity index (χ1v) is 4.93. The van der Waals surface area contributed by atoms with Gasteiger partial charge < -0.3 is 11.1 Å². The van der Waals surface area contributed by atoms with Crippen molar-refractivity contribution in [2.75, 3.05) is 7.05 Å². The van der Waals surface area contributed by atoms with Crippen LogP contribution in [0, 0.1) is 13.8 Å². The molecular weight excluding hydrogens is 204 g/mol. The minimum atomic E-state index is -0.382. The lowest BCUT2D eigenvalue weighted by Gasteiger charge is -2.07. The normalized spacial score (nSPS) is 11.1. The van der Waals surface area contributed by atoms with E-state index >= 15 is 0 Å². The molecule has 86 valence electrons. The van der Waals surface area contributed by atoms with Gasteiger partial charge in [-0.2, -0.15) is 0 Å². The van der Waals surface area contributed by atoms with E-state index in [9.17, 15) is 4.79 Å². The van der Waals surface area contributed by atoms with E-state index in [2.05, 4.69) is 15.6 Å². The summed E-state index contributed by atoms with van der Waals surface area (Å²) in [5.41, 5.74) is 8.42. The first kappa shape index (κ1) is 12.0. The maximum Gasteiger partial charge on any atom is 0.321 e. The molecule has 2 amide bonds. The van der Waals surface area contributed by atoms with E-state index < -0.39 is 0 Å². The second-order valence-corrected chi connectivity index (χ2v) is 3.44. The van der Waals surface area contributed by atoms with E-state index in [0.29, 0.717) is 0 Å². The second-order valence-electron chi connectivity index (χ2n) is 3.44. The SMILES string of the molecule is CNC(=O)NC(N)=Nc1c(C)cccc1C. The van der Waals surface area contributed by atoms with E-state index in [1.54, 1.807) is 0 Å². The summed E-state index contributed by atoms with van der Waals surface area (Å²) in [7, 11) is 1.52. The fraction of sp³-hybridized carbons (Fsp3) is 0.273. The van der Waals surface area contributed by atoms with Crippen molar-refractivity contribution in [2.45, 2.75) is 13.8 Å². The molecule has 1 aromatic carbocycles. The molecule has 0 saturated heterocycles. The van der Waals surface area contributed by atoms with Crippen molar-refractivity contribution in [3.8, 4) is 0 Å². The van der Waals surface area contributed by atoms with Gasteiger partial charge in [-0.1, -0.05) is 18.2 Å². The molecule has 0 heterocycles. The lowest BCUT2D eigenvalue weighted by atomic mass is 10.1. The summed E-state index contributed by atoms with van der Waals surface area (Å²) in [6, 6.07) is 5.46. The standard InChI is InChI=1S/C11H16N4O/c1-7-5-4-6-8(2)9(7)14-10(12)15-11(16)13-3/h4-6H,1-3H3,(H4,12,13,14,15,16). The summed E-state index contributed by atoms with van der Waals surface area (Å²) in [6.07, 6.45) is 0. The van der Waals surface area contributed by atoms with Gasteiger partial charge in [0.1, 0.15) is 0 Å². The molecule has 0 fully saturated rings. The molecule has 16 heavy (non-hydrogen) atoms. The van der Waals surface area contributed by atoms with Gasteiger partial charge in [0.05, 0.1) is 5.69 Å². The van der Waals surface area contributed by atoms with Gasteiger partial charge in [0.25, 0.3) is 0 Å². The number of nitrogens with zero attached hydrogens (tertiary/aromatic N) is 1. The lowest BCUT2D eigenvalue weighted by Crippen LogP contribution is -2.41. The van der Waals surface area contributed by atoms with Gasteiger partial charge in [0.15, 0.2) is 0 Å². The van der Waals surface area contributed by atoms with Gasteiger partial charge in [-0.3, -0.25) is 5.32 Å². The summed E-state index contributed by atoms with van der Waals surface area (Å²) >= 11 is 0. The topological polar surface area (TPSA) is 79.5 Å². The van der Waals surface area contributed by atoms with Crippen LogP contribution in [0.3, 0.4) is 0 Å². The van der Waals surface area contributed by atoms with Crippen molar-refractivity contribution in [3.05, 3.63) is 29.3 Å². The van der Waals surface area contributed by atoms with Crippen LogP contribution in [-0.4, -0.2) is 19.0 Å². The van der Waals surface area contributed by atoms with Gasteiger partial charge in [0, 0.05) is 7.05 Å². The Labute approximate surface area is 94.8 Å². The molecule has 0 unspecified atom stereocenters. The molecule has 0 aliphatic heterocycles. The Balaban J connectivity index is 2.94. The van der Waals surface area contributed by atoms with Crippen molar-refractivity contribution in [1.82, 2.24) is 10.6 Å². The Morgan fingerprint density at radius 2 is 1.88 bits per heavy atom. The summed E-state index contributed by atoms with van der Waals surface area (Å²) in [4.78, 5) is 15.2. The molecule has 1 rings (SSSR count). The van der Waals surface area contributed by atoms with Crippen molar-refractivity contribution in [2.24, 2.45) is 10.7 Å². The number of aryl methyl sites for hydroxylation is 2. The van der Waals surface area contributed by atoms with Crippen molar-refractivity contribution in [1.29, 1.82) is 0 Å². The average Bonchev–Trinajstić information content (AvgIpc) is 2.23. The average molecular weight is 220 g/mol. The number of para-hydroxylation sites is 1. The monoisotopic (exact) mass is 220 g/mol. The van der Waals surface area contributed by atoms with E-state index in [1.165, 1.54) is 7.05 Å². The van der Waals surface area contributed by atoms with Crippen LogP contribution in [0.4, 0.5) is 10.5 Å². The number of hydrogen-bond acceptors (Lipinski definition) is 2. The van der Waals surface area contributed by atoms with Crippen molar-refractivity contribution >= 4 is 17.7 Å². The third-order valence-electron chi connectivity index (χ3n) is 2.14. The minimum Gasteiger partial charge on any atom is -0.369 e. The Kier molecular flexibility index (Phi) is 3.88. The van der Waals surface area contributed by atoms with Crippen molar-refractivity contribution < 1.29 is 4.79 Å². The third kappa shape index (κ3) is 2.98. The van der Waals surface area contributed by atoms with Crippen LogP contribution < -0.4 is 16.4 Å². The highest BCUT2D eigenvalue weighted by molar-refractivity contribution is 5.96. The Hall–Kier alpha value is -2.04. The molecule has 0 bridgehead atoms. The predicted molar refractivity (Wildman–Crippen MR) is 64.8 cm³/mol. The highest BCUT2D eigenvalue weighted by Gasteiger charge is 2.03.